The van der Waals surface area contributed by atoms with Crippen LogP contribution in [0.5, 0.6) is 0 Å². The molecule has 1 atom stereocenters. The highest BCUT2D eigenvalue weighted by Gasteiger charge is 2.10. The molecule has 1 rings (SSSR count). The molecule has 0 aromatic carbocycles. The van der Waals surface area contributed by atoms with Gasteiger partial charge in [0.05, 0.1) is 11.3 Å². The van der Waals surface area contributed by atoms with Gasteiger partial charge in [-0.1, -0.05) is 25.6 Å². The van der Waals surface area contributed by atoms with E-state index in [1.165, 1.54) is 23.3 Å². The van der Waals surface area contributed by atoms with Crippen molar-refractivity contribution < 1.29 is 0 Å². The van der Waals surface area contributed by atoms with E-state index in [9.17, 15) is 0 Å². The van der Waals surface area contributed by atoms with Gasteiger partial charge in [0.15, 0.2) is 4.34 Å². The molecule has 0 amide bonds. The number of nitriles is 1. The Morgan fingerprint density at radius 2 is 2.38 bits per heavy atom. The molecule has 0 bridgehead atoms. The van der Waals surface area contributed by atoms with Crippen LogP contribution in [0, 0.1) is 11.3 Å². The number of aryl methyl sites for hydroxylation is 1. The van der Waals surface area contributed by atoms with Crippen molar-refractivity contribution in [3.05, 3.63) is 5.82 Å². The van der Waals surface area contributed by atoms with Gasteiger partial charge in [0.2, 0.25) is 0 Å². The molecule has 0 saturated carbocycles. The topological polar surface area (TPSA) is 49.6 Å². The van der Waals surface area contributed by atoms with Gasteiger partial charge in [0.1, 0.15) is 5.82 Å². The van der Waals surface area contributed by atoms with Gasteiger partial charge >= 0.3 is 0 Å². The summed E-state index contributed by atoms with van der Waals surface area (Å²) in [5.41, 5.74) is 0. The summed E-state index contributed by atoms with van der Waals surface area (Å²) in [6.45, 7) is 4.03. The van der Waals surface area contributed by atoms with E-state index in [0.29, 0.717) is 0 Å². The Labute approximate surface area is 86.4 Å². The summed E-state index contributed by atoms with van der Waals surface area (Å²) in [5, 5.41) is 8.75. The average Bonchev–Trinajstić information content (AvgIpc) is 2.61. The Hall–Kier alpha value is -0.600. The molecular formula is C8H11N3S2. The Kier molecular flexibility index (Phi) is 4.19. The SMILES string of the molecule is CCc1nsc(SC(C#N)CC)n1. The lowest BCUT2D eigenvalue weighted by Crippen LogP contribution is -1.94. The Balaban J connectivity index is 2.58. The van der Waals surface area contributed by atoms with Crippen molar-refractivity contribution >= 4 is 23.3 Å². The maximum absolute atomic E-state index is 8.74. The molecule has 0 spiro atoms. The largest absolute Gasteiger partial charge is 0.213 e. The highest BCUT2D eigenvalue weighted by atomic mass is 32.2. The van der Waals surface area contributed by atoms with Crippen LogP contribution in [0.15, 0.2) is 4.34 Å². The summed E-state index contributed by atoms with van der Waals surface area (Å²) in [6, 6.07) is 2.23. The second-order valence-corrected chi connectivity index (χ2v) is 4.68. The van der Waals surface area contributed by atoms with Crippen molar-refractivity contribution in [2.45, 2.75) is 36.3 Å². The first-order chi connectivity index (χ1) is 6.30. The van der Waals surface area contributed by atoms with Crippen LogP contribution in [0.1, 0.15) is 26.1 Å². The molecule has 5 heteroatoms. The van der Waals surface area contributed by atoms with E-state index < -0.39 is 0 Å². The van der Waals surface area contributed by atoms with Crippen LogP contribution >= 0.6 is 23.3 Å². The smallest absolute Gasteiger partial charge is 0.171 e. The lowest BCUT2D eigenvalue weighted by Gasteiger charge is -1.99. The predicted octanol–water partition coefficient (Wildman–Crippen LogP) is 2.49. The third-order valence-electron chi connectivity index (χ3n) is 1.52. The highest BCUT2D eigenvalue weighted by molar-refractivity contribution is 8.01. The predicted molar refractivity (Wildman–Crippen MR) is 54.8 cm³/mol. The fraction of sp³-hybridized carbons (Fsp3) is 0.625. The number of rotatable bonds is 4. The van der Waals surface area contributed by atoms with Crippen LogP contribution in [0.25, 0.3) is 0 Å². The first-order valence-electron chi connectivity index (χ1n) is 4.19. The molecule has 0 aliphatic carbocycles. The van der Waals surface area contributed by atoms with E-state index in [4.69, 9.17) is 5.26 Å². The van der Waals surface area contributed by atoms with Gasteiger partial charge in [-0.25, -0.2) is 4.98 Å². The fourth-order valence-corrected chi connectivity index (χ4v) is 2.50. The number of aromatic nitrogens is 2. The monoisotopic (exact) mass is 213 g/mol. The summed E-state index contributed by atoms with van der Waals surface area (Å²) in [5.74, 6) is 0.875. The summed E-state index contributed by atoms with van der Waals surface area (Å²) >= 11 is 2.89. The van der Waals surface area contributed by atoms with Crippen LogP contribution in [0.2, 0.25) is 0 Å². The molecule has 1 aromatic heterocycles. The lowest BCUT2D eigenvalue weighted by molar-refractivity contribution is 0.958. The van der Waals surface area contributed by atoms with Gasteiger partial charge in [-0.05, 0) is 18.0 Å². The Morgan fingerprint density at radius 1 is 1.62 bits per heavy atom. The molecule has 0 aliphatic heterocycles. The first kappa shape index (κ1) is 10.5. The van der Waals surface area contributed by atoms with Gasteiger partial charge in [0.25, 0.3) is 0 Å². The van der Waals surface area contributed by atoms with Crippen LogP contribution in [0.3, 0.4) is 0 Å². The number of thioether (sulfide) groups is 1. The summed E-state index contributed by atoms with van der Waals surface area (Å²) in [4.78, 5) is 4.28. The maximum Gasteiger partial charge on any atom is 0.171 e. The van der Waals surface area contributed by atoms with E-state index in [1.54, 1.807) is 0 Å². The van der Waals surface area contributed by atoms with Crippen LogP contribution in [0.4, 0.5) is 0 Å². The molecule has 0 radical (unpaired) electrons. The van der Waals surface area contributed by atoms with Crippen molar-refractivity contribution in [2.24, 2.45) is 0 Å². The van der Waals surface area contributed by atoms with Crippen LogP contribution in [-0.2, 0) is 6.42 Å². The summed E-state index contributed by atoms with van der Waals surface area (Å²) in [6.07, 6.45) is 1.71. The molecule has 0 saturated heterocycles. The van der Waals surface area contributed by atoms with Crippen molar-refractivity contribution in [3.63, 3.8) is 0 Å². The summed E-state index contributed by atoms with van der Waals surface area (Å²) < 4.78 is 5.06. The van der Waals surface area contributed by atoms with Crippen LogP contribution < -0.4 is 0 Å². The molecule has 0 fully saturated rings. The molecule has 1 heterocycles. The van der Waals surface area contributed by atoms with E-state index >= 15 is 0 Å². The quantitative estimate of drug-likeness (QED) is 0.721. The second-order valence-electron chi connectivity index (χ2n) is 2.47. The molecule has 0 N–H and O–H groups in total. The number of hydrogen-bond donors (Lipinski definition) is 0. The maximum atomic E-state index is 8.74. The van der Waals surface area contributed by atoms with E-state index in [-0.39, 0.29) is 5.25 Å². The van der Waals surface area contributed by atoms with Gasteiger partial charge in [-0.3, -0.25) is 0 Å². The molecule has 3 nitrogen and oxygen atoms in total. The lowest BCUT2D eigenvalue weighted by atomic mass is 10.4. The second kappa shape index (κ2) is 5.20. The third-order valence-corrected chi connectivity index (χ3v) is 3.60. The van der Waals surface area contributed by atoms with Crippen molar-refractivity contribution in [1.29, 1.82) is 5.26 Å². The zero-order chi connectivity index (χ0) is 9.68. The Morgan fingerprint density at radius 3 is 2.85 bits per heavy atom. The molecule has 1 unspecified atom stereocenters. The van der Waals surface area contributed by atoms with Gasteiger partial charge < -0.3 is 0 Å². The van der Waals surface area contributed by atoms with E-state index in [0.717, 1.165) is 23.0 Å². The van der Waals surface area contributed by atoms with Crippen molar-refractivity contribution in [2.75, 3.05) is 0 Å². The molecular weight excluding hydrogens is 202 g/mol. The molecule has 70 valence electrons. The molecule has 1 aromatic rings. The standard InChI is InChI=1S/C8H11N3S2/c1-3-6(5-9)12-8-10-7(4-2)11-13-8/h6H,3-4H2,1-2H3. The highest BCUT2D eigenvalue weighted by Crippen LogP contribution is 2.26. The zero-order valence-corrected chi connectivity index (χ0v) is 9.28. The number of nitrogens with zero attached hydrogens (tertiary/aromatic N) is 3. The molecule has 13 heavy (non-hydrogen) atoms. The first-order valence-corrected chi connectivity index (χ1v) is 5.84. The normalized spacial score (nSPS) is 12.4. The minimum atomic E-state index is 0.0117. The van der Waals surface area contributed by atoms with Gasteiger partial charge in [-0.2, -0.15) is 9.64 Å². The molecule has 0 aliphatic rings. The Bertz CT molecular complexity index is 303. The zero-order valence-electron chi connectivity index (χ0n) is 7.65. The van der Waals surface area contributed by atoms with Crippen molar-refractivity contribution in [1.82, 2.24) is 9.36 Å². The van der Waals surface area contributed by atoms with Gasteiger partial charge in [0, 0.05) is 6.42 Å². The average molecular weight is 213 g/mol. The van der Waals surface area contributed by atoms with E-state index in [2.05, 4.69) is 15.4 Å². The van der Waals surface area contributed by atoms with Crippen LogP contribution in [-0.4, -0.2) is 14.6 Å². The van der Waals surface area contributed by atoms with Gasteiger partial charge in [-0.15, -0.1) is 0 Å². The third kappa shape index (κ3) is 2.98. The summed E-state index contributed by atoms with van der Waals surface area (Å²) in [7, 11) is 0. The fourth-order valence-electron chi connectivity index (χ4n) is 0.752. The van der Waals surface area contributed by atoms with E-state index in [1.807, 2.05) is 13.8 Å². The number of hydrogen-bond acceptors (Lipinski definition) is 5. The van der Waals surface area contributed by atoms with Crippen molar-refractivity contribution in [3.8, 4) is 6.07 Å². The minimum absolute atomic E-state index is 0.0117. The minimum Gasteiger partial charge on any atom is -0.213 e.